The van der Waals surface area contributed by atoms with Gasteiger partial charge in [-0.15, -0.1) is 0 Å². The highest BCUT2D eigenvalue weighted by molar-refractivity contribution is 8.19. The SMILES string of the molecule is CCN1C(=C2SC(=NC3C(=O)N(c4ccccc4)N=C3C)N(C3CCCCC3)C2=O)Sc2ccccc21. The Morgan fingerprint density at radius 2 is 1.70 bits per heavy atom. The summed E-state index contributed by atoms with van der Waals surface area (Å²) in [6.45, 7) is 4.71. The number of carbonyl (C=O) groups is 2. The van der Waals surface area contributed by atoms with Gasteiger partial charge in [-0.1, -0.05) is 61.4 Å². The minimum atomic E-state index is -0.735. The van der Waals surface area contributed by atoms with Crippen LogP contribution in [-0.2, 0) is 9.59 Å². The van der Waals surface area contributed by atoms with Crippen molar-refractivity contribution in [3.05, 3.63) is 64.5 Å². The summed E-state index contributed by atoms with van der Waals surface area (Å²) in [6, 6.07) is 17.1. The van der Waals surface area contributed by atoms with Crippen LogP contribution in [0.5, 0.6) is 0 Å². The molecule has 6 rings (SSSR count). The second kappa shape index (κ2) is 10.0. The molecule has 9 heteroatoms. The van der Waals surface area contributed by atoms with Gasteiger partial charge in [0, 0.05) is 17.5 Å². The number of nitrogens with zero attached hydrogens (tertiary/aromatic N) is 5. The van der Waals surface area contributed by atoms with Crippen LogP contribution in [-0.4, -0.2) is 46.2 Å². The van der Waals surface area contributed by atoms with E-state index in [4.69, 9.17) is 4.99 Å². The van der Waals surface area contributed by atoms with Crippen molar-refractivity contribution in [2.45, 2.75) is 62.9 Å². The number of carbonyl (C=O) groups excluding carboxylic acids is 2. The molecule has 0 bridgehead atoms. The highest BCUT2D eigenvalue weighted by Gasteiger charge is 2.44. The highest BCUT2D eigenvalue weighted by atomic mass is 32.2. The summed E-state index contributed by atoms with van der Waals surface area (Å²) in [4.78, 5) is 38.4. The van der Waals surface area contributed by atoms with Gasteiger partial charge < -0.3 is 4.90 Å². The lowest BCUT2D eigenvalue weighted by Crippen LogP contribution is -2.42. The number of rotatable bonds is 4. The molecule has 1 unspecified atom stereocenters. The zero-order chi connectivity index (χ0) is 25.5. The van der Waals surface area contributed by atoms with Gasteiger partial charge in [0.05, 0.1) is 17.1 Å². The first kappa shape index (κ1) is 24.3. The Kier molecular flexibility index (Phi) is 6.58. The maximum Gasteiger partial charge on any atom is 0.278 e. The van der Waals surface area contributed by atoms with E-state index in [2.05, 4.69) is 29.1 Å². The lowest BCUT2D eigenvalue weighted by Gasteiger charge is -2.30. The molecule has 1 aliphatic carbocycles. The van der Waals surface area contributed by atoms with Crippen LogP contribution in [0.15, 0.2) is 79.5 Å². The second-order valence-corrected chi connectivity index (χ2v) is 11.6. The van der Waals surface area contributed by atoms with Gasteiger partial charge in [-0.05, 0) is 62.7 Å². The van der Waals surface area contributed by atoms with Crippen LogP contribution in [0.25, 0.3) is 0 Å². The molecule has 1 saturated carbocycles. The van der Waals surface area contributed by atoms with Crippen molar-refractivity contribution in [2.75, 3.05) is 16.5 Å². The van der Waals surface area contributed by atoms with Gasteiger partial charge in [-0.2, -0.15) is 10.1 Å². The Morgan fingerprint density at radius 1 is 0.973 bits per heavy atom. The maximum atomic E-state index is 14.0. The number of hydrogen-bond acceptors (Lipinski definition) is 7. The van der Waals surface area contributed by atoms with Gasteiger partial charge in [0.15, 0.2) is 11.2 Å². The van der Waals surface area contributed by atoms with Crippen molar-refractivity contribution in [2.24, 2.45) is 10.1 Å². The molecular weight excluding hydrogens is 502 g/mol. The topological polar surface area (TPSA) is 68.6 Å². The van der Waals surface area contributed by atoms with E-state index in [1.165, 1.54) is 23.2 Å². The molecule has 3 aliphatic heterocycles. The number of anilines is 2. The molecule has 2 aromatic rings. The molecule has 2 fully saturated rings. The molecule has 2 amide bonds. The van der Waals surface area contributed by atoms with E-state index in [0.717, 1.165) is 53.5 Å². The molecule has 2 aromatic carbocycles. The van der Waals surface area contributed by atoms with Crippen LogP contribution in [0.3, 0.4) is 0 Å². The maximum absolute atomic E-state index is 14.0. The van der Waals surface area contributed by atoms with Crippen LogP contribution in [0.1, 0.15) is 46.0 Å². The summed E-state index contributed by atoms with van der Waals surface area (Å²) in [7, 11) is 0. The highest BCUT2D eigenvalue weighted by Crippen LogP contribution is 2.51. The predicted molar refractivity (Wildman–Crippen MR) is 152 cm³/mol. The summed E-state index contributed by atoms with van der Waals surface area (Å²) in [6.07, 6.45) is 5.31. The van der Waals surface area contributed by atoms with Crippen LogP contribution >= 0.6 is 23.5 Å². The first-order valence-corrected chi connectivity index (χ1v) is 14.5. The molecule has 0 N–H and O–H groups in total. The summed E-state index contributed by atoms with van der Waals surface area (Å²) in [5, 5.41) is 7.53. The van der Waals surface area contributed by atoms with Crippen LogP contribution in [0.2, 0.25) is 0 Å². The standard InChI is InChI=1S/C28H29N5O2S2/c1-3-31-21-16-10-11-17-22(21)36-27(31)24-26(35)32(19-12-6-4-7-13-19)28(37-24)29-23-18(2)30-33(25(23)34)20-14-8-5-9-15-20/h5,8-11,14-17,19,23H,3-4,6-7,12-13H2,1-2H3. The minimum absolute atomic E-state index is 0.00404. The number of amidine groups is 1. The van der Waals surface area contributed by atoms with E-state index in [-0.39, 0.29) is 17.9 Å². The average Bonchev–Trinajstić information content (AvgIpc) is 3.56. The largest absolute Gasteiger partial charge is 0.334 e. The number of fused-ring (bicyclic) bond motifs is 1. The Bertz CT molecular complexity index is 1330. The quantitative estimate of drug-likeness (QED) is 0.464. The predicted octanol–water partition coefficient (Wildman–Crippen LogP) is 5.84. The number of benzene rings is 2. The van der Waals surface area contributed by atoms with Crippen molar-refractivity contribution >= 4 is 57.6 Å². The molecular formula is C28H29N5O2S2. The van der Waals surface area contributed by atoms with Gasteiger partial charge in [0.2, 0.25) is 0 Å². The Balaban J connectivity index is 1.38. The fourth-order valence-electron chi connectivity index (χ4n) is 5.35. The fourth-order valence-corrected chi connectivity index (χ4v) is 7.81. The number of aliphatic imine (C=N–C) groups is 1. The molecule has 37 heavy (non-hydrogen) atoms. The number of hydrazone groups is 1. The van der Waals surface area contributed by atoms with Crippen molar-refractivity contribution in [1.82, 2.24) is 4.90 Å². The summed E-state index contributed by atoms with van der Waals surface area (Å²) in [5.41, 5.74) is 2.49. The van der Waals surface area contributed by atoms with Crippen LogP contribution in [0, 0.1) is 0 Å². The molecule has 0 radical (unpaired) electrons. The van der Waals surface area contributed by atoms with E-state index in [9.17, 15) is 9.59 Å². The molecule has 190 valence electrons. The van der Waals surface area contributed by atoms with E-state index >= 15 is 0 Å². The zero-order valence-electron chi connectivity index (χ0n) is 21.0. The van der Waals surface area contributed by atoms with Crippen molar-refractivity contribution < 1.29 is 9.59 Å². The number of para-hydroxylation sites is 2. The summed E-state index contributed by atoms with van der Waals surface area (Å²) < 4.78 is 0. The Labute approximate surface area is 225 Å². The summed E-state index contributed by atoms with van der Waals surface area (Å²) >= 11 is 3.06. The summed E-state index contributed by atoms with van der Waals surface area (Å²) in [5.74, 6) is -0.184. The zero-order valence-corrected chi connectivity index (χ0v) is 22.6. The lowest BCUT2D eigenvalue weighted by molar-refractivity contribution is -0.124. The van der Waals surface area contributed by atoms with Gasteiger partial charge in [-0.3, -0.25) is 14.5 Å². The van der Waals surface area contributed by atoms with Crippen molar-refractivity contribution in [3.63, 3.8) is 0 Å². The first-order chi connectivity index (χ1) is 18.1. The van der Waals surface area contributed by atoms with E-state index in [1.807, 2.05) is 54.3 Å². The monoisotopic (exact) mass is 531 g/mol. The smallest absolute Gasteiger partial charge is 0.278 e. The first-order valence-electron chi connectivity index (χ1n) is 12.9. The Hall–Kier alpha value is -3.04. The fraction of sp³-hybridized carbons (Fsp3) is 0.357. The van der Waals surface area contributed by atoms with E-state index in [0.29, 0.717) is 15.8 Å². The third-order valence-electron chi connectivity index (χ3n) is 7.21. The lowest BCUT2D eigenvalue weighted by atomic mass is 9.94. The molecule has 3 heterocycles. The van der Waals surface area contributed by atoms with Crippen LogP contribution < -0.4 is 9.91 Å². The molecule has 1 saturated heterocycles. The number of amides is 2. The van der Waals surface area contributed by atoms with Crippen molar-refractivity contribution in [1.29, 1.82) is 0 Å². The third kappa shape index (κ3) is 4.28. The van der Waals surface area contributed by atoms with Gasteiger partial charge in [-0.25, -0.2) is 4.99 Å². The van der Waals surface area contributed by atoms with Gasteiger partial charge in [0.1, 0.15) is 9.93 Å². The molecule has 1 atom stereocenters. The van der Waals surface area contributed by atoms with Crippen molar-refractivity contribution in [3.8, 4) is 0 Å². The van der Waals surface area contributed by atoms with Gasteiger partial charge >= 0.3 is 0 Å². The van der Waals surface area contributed by atoms with Gasteiger partial charge in [0.25, 0.3) is 11.8 Å². The molecule has 4 aliphatic rings. The number of thioether (sulfide) groups is 2. The van der Waals surface area contributed by atoms with Crippen LogP contribution in [0.4, 0.5) is 11.4 Å². The Morgan fingerprint density at radius 3 is 2.46 bits per heavy atom. The number of hydrogen-bond donors (Lipinski definition) is 0. The normalized spacial score (nSPS) is 25.5. The minimum Gasteiger partial charge on any atom is -0.334 e. The molecule has 0 aromatic heterocycles. The molecule has 7 nitrogen and oxygen atoms in total. The van der Waals surface area contributed by atoms with E-state index in [1.54, 1.807) is 11.8 Å². The molecule has 0 spiro atoms. The third-order valence-corrected chi connectivity index (χ3v) is 9.58. The van der Waals surface area contributed by atoms with E-state index < -0.39 is 6.04 Å². The second-order valence-electron chi connectivity index (χ2n) is 9.56. The average molecular weight is 532 g/mol.